The maximum absolute atomic E-state index is 9.85. The van der Waals surface area contributed by atoms with E-state index in [1.165, 1.54) is 19.3 Å². The molecule has 1 aliphatic carbocycles. The highest BCUT2D eigenvalue weighted by Gasteiger charge is 2.36. The molecular weight excluding hydrogens is 150 g/mol. The van der Waals surface area contributed by atoms with Gasteiger partial charge in [-0.2, -0.15) is 0 Å². The van der Waals surface area contributed by atoms with Gasteiger partial charge in [0.25, 0.3) is 0 Å². The first-order chi connectivity index (χ1) is 5.75. The summed E-state index contributed by atoms with van der Waals surface area (Å²) in [5.41, 5.74) is 5.82. The Morgan fingerprint density at radius 1 is 1.33 bits per heavy atom. The second-order valence-electron chi connectivity index (χ2n) is 4.05. The fourth-order valence-electron chi connectivity index (χ4n) is 2.36. The summed E-state index contributed by atoms with van der Waals surface area (Å²) in [5, 5.41) is 9.85. The largest absolute Gasteiger partial charge is 0.393 e. The summed E-state index contributed by atoms with van der Waals surface area (Å²) in [4.78, 5) is 0. The van der Waals surface area contributed by atoms with Gasteiger partial charge in [-0.25, -0.2) is 0 Å². The first kappa shape index (κ1) is 10.0. The fraction of sp³-hybridized carbons (Fsp3) is 1.00. The van der Waals surface area contributed by atoms with E-state index in [-0.39, 0.29) is 11.5 Å². The third-order valence-electron chi connectivity index (χ3n) is 3.35. The molecule has 0 spiro atoms. The average molecular weight is 171 g/mol. The Hall–Kier alpha value is -0.0800. The third kappa shape index (κ3) is 1.80. The zero-order valence-electron chi connectivity index (χ0n) is 8.05. The van der Waals surface area contributed by atoms with Crippen molar-refractivity contribution >= 4 is 0 Å². The van der Waals surface area contributed by atoms with Gasteiger partial charge in [-0.05, 0) is 19.3 Å². The Balaban J connectivity index is 2.59. The van der Waals surface area contributed by atoms with Crippen LogP contribution in [0.15, 0.2) is 0 Å². The molecule has 1 aliphatic rings. The summed E-state index contributed by atoms with van der Waals surface area (Å²) >= 11 is 0. The van der Waals surface area contributed by atoms with Crippen molar-refractivity contribution in [2.45, 2.75) is 51.6 Å². The molecule has 3 N–H and O–H groups in total. The molecule has 0 aromatic rings. The van der Waals surface area contributed by atoms with Gasteiger partial charge in [0.1, 0.15) is 0 Å². The Labute approximate surface area is 75.2 Å². The molecule has 0 amide bonds. The molecule has 2 heteroatoms. The van der Waals surface area contributed by atoms with E-state index in [4.69, 9.17) is 5.73 Å². The maximum Gasteiger partial charge on any atom is 0.0605 e. The lowest BCUT2D eigenvalue weighted by atomic mass is 9.69. The van der Waals surface area contributed by atoms with E-state index in [0.29, 0.717) is 6.54 Å². The molecule has 1 saturated carbocycles. The molecule has 0 saturated heterocycles. The predicted molar refractivity (Wildman–Crippen MR) is 50.9 cm³/mol. The van der Waals surface area contributed by atoms with Crippen LogP contribution < -0.4 is 5.73 Å². The summed E-state index contributed by atoms with van der Waals surface area (Å²) < 4.78 is 0. The Morgan fingerprint density at radius 3 is 2.33 bits per heavy atom. The minimum absolute atomic E-state index is 0.0625. The van der Waals surface area contributed by atoms with Gasteiger partial charge in [-0.15, -0.1) is 0 Å². The van der Waals surface area contributed by atoms with Crippen LogP contribution in [0.25, 0.3) is 0 Å². The molecule has 0 bridgehead atoms. The zero-order valence-corrected chi connectivity index (χ0v) is 8.05. The Morgan fingerprint density at radius 2 is 1.92 bits per heavy atom. The lowest BCUT2D eigenvalue weighted by molar-refractivity contribution is 0.000347. The van der Waals surface area contributed by atoms with E-state index in [1.807, 2.05) is 6.92 Å². The highest BCUT2D eigenvalue weighted by molar-refractivity contribution is 4.89. The van der Waals surface area contributed by atoms with E-state index in [2.05, 4.69) is 0 Å². The van der Waals surface area contributed by atoms with E-state index in [0.717, 1.165) is 19.3 Å². The SMILES string of the molecule is CCC(O)C1(CN)CCCCC1. The molecule has 0 aliphatic heterocycles. The van der Waals surface area contributed by atoms with Crippen molar-refractivity contribution in [3.05, 3.63) is 0 Å². The van der Waals surface area contributed by atoms with Gasteiger partial charge in [-0.3, -0.25) is 0 Å². The second-order valence-corrected chi connectivity index (χ2v) is 4.05. The van der Waals surface area contributed by atoms with Crippen LogP contribution in [0.4, 0.5) is 0 Å². The third-order valence-corrected chi connectivity index (χ3v) is 3.35. The molecule has 1 atom stereocenters. The van der Waals surface area contributed by atoms with E-state index < -0.39 is 0 Å². The summed E-state index contributed by atoms with van der Waals surface area (Å²) in [6.45, 7) is 2.69. The van der Waals surface area contributed by atoms with Crippen molar-refractivity contribution in [1.29, 1.82) is 0 Å². The van der Waals surface area contributed by atoms with Crippen molar-refractivity contribution in [3.8, 4) is 0 Å². The first-order valence-electron chi connectivity index (χ1n) is 5.13. The summed E-state index contributed by atoms with van der Waals surface area (Å²) in [6, 6.07) is 0. The summed E-state index contributed by atoms with van der Waals surface area (Å²) in [5.74, 6) is 0. The smallest absolute Gasteiger partial charge is 0.0605 e. The molecule has 72 valence electrons. The predicted octanol–water partition coefficient (Wildman–Crippen LogP) is 1.67. The minimum Gasteiger partial charge on any atom is -0.393 e. The number of aliphatic hydroxyl groups excluding tert-OH is 1. The number of nitrogens with two attached hydrogens (primary N) is 1. The van der Waals surface area contributed by atoms with Gasteiger partial charge >= 0.3 is 0 Å². The molecular formula is C10H21NO. The van der Waals surface area contributed by atoms with Crippen molar-refractivity contribution in [1.82, 2.24) is 0 Å². The standard InChI is InChI=1S/C10H21NO/c1-2-9(12)10(8-11)6-4-3-5-7-10/h9,12H,2-8,11H2,1H3. The van der Waals surface area contributed by atoms with E-state index >= 15 is 0 Å². The molecule has 0 heterocycles. The second kappa shape index (κ2) is 4.24. The lowest BCUT2D eigenvalue weighted by Crippen LogP contribution is -2.43. The number of rotatable bonds is 3. The van der Waals surface area contributed by atoms with Crippen LogP contribution in [-0.4, -0.2) is 17.8 Å². The van der Waals surface area contributed by atoms with Crippen LogP contribution in [0.5, 0.6) is 0 Å². The highest BCUT2D eigenvalue weighted by atomic mass is 16.3. The zero-order chi connectivity index (χ0) is 9.03. The molecule has 1 rings (SSSR count). The topological polar surface area (TPSA) is 46.2 Å². The number of hydrogen-bond acceptors (Lipinski definition) is 2. The Bertz CT molecular complexity index is 130. The number of aliphatic hydroxyl groups is 1. The van der Waals surface area contributed by atoms with Crippen LogP contribution in [0.3, 0.4) is 0 Å². The minimum atomic E-state index is -0.178. The monoisotopic (exact) mass is 171 g/mol. The van der Waals surface area contributed by atoms with Crippen molar-refractivity contribution in [3.63, 3.8) is 0 Å². The van der Waals surface area contributed by atoms with Gasteiger partial charge in [0.15, 0.2) is 0 Å². The summed E-state index contributed by atoms with van der Waals surface area (Å²) in [7, 11) is 0. The molecule has 2 nitrogen and oxygen atoms in total. The van der Waals surface area contributed by atoms with E-state index in [1.54, 1.807) is 0 Å². The van der Waals surface area contributed by atoms with Crippen molar-refractivity contribution < 1.29 is 5.11 Å². The normalized spacial score (nSPS) is 25.2. The molecule has 0 aromatic carbocycles. The van der Waals surface area contributed by atoms with Gasteiger partial charge in [-0.1, -0.05) is 26.2 Å². The Kier molecular flexibility index (Phi) is 3.53. The van der Waals surface area contributed by atoms with Crippen molar-refractivity contribution in [2.75, 3.05) is 6.54 Å². The van der Waals surface area contributed by atoms with Gasteiger partial charge in [0.2, 0.25) is 0 Å². The molecule has 0 aromatic heterocycles. The first-order valence-corrected chi connectivity index (χ1v) is 5.13. The summed E-state index contributed by atoms with van der Waals surface area (Å²) in [6.07, 6.45) is 6.72. The van der Waals surface area contributed by atoms with Gasteiger partial charge < -0.3 is 10.8 Å². The van der Waals surface area contributed by atoms with E-state index in [9.17, 15) is 5.11 Å². The van der Waals surface area contributed by atoms with Crippen LogP contribution >= 0.6 is 0 Å². The van der Waals surface area contributed by atoms with Crippen LogP contribution in [-0.2, 0) is 0 Å². The molecule has 1 fully saturated rings. The molecule has 12 heavy (non-hydrogen) atoms. The molecule has 1 unspecified atom stereocenters. The van der Waals surface area contributed by atoms with Crippen LogP contribution in [0.1, 0.15) is 45.4 Å². The van der Waals surface area contributed by atoms with Crippen molar-refractivity contribution in [2.24, 2.45) is 11.1 Å². The van der Waals surface area contributed by atoms with Crippen LogP contribution in [0, 0.1) is 5.41 Å². The lowest BCUT2D eigenvalue weighted by Gasteiger charge is -2.40. The van der Waals surface area contributed by atoms with Crippen LogP contribution in [0.2, 0.25) is 0 Å². The highest BCUT2D eigenvalue weighted by Crippen LogP contribution is 2.39. The fourth-order valence-corrected chi connectivity index (χ4v) is 2.36. The average Bonchev–Trinajstić information content (AvgIpc) is 2.17. The maximum atomic E-state index is 9.85. The number of hydrogen-bond donors (Lipinski definition) is 2. The van der Waals surface area contributed by atoms with Gasteiger partial charge in [0.05, 0.1) is 6.10 Å². The quantitative estimate of drug-likeness (QED) is 0.678. The van der Waals surface area contributed by atoms with Gasteiger partial charge in [0, 0.05) is 12.0 Å². The molecule has 0 radical (unpaired) electrons.